The molecule has 1 atom stereocenters. The molecule has 0 aliphatic heterocycles. The summed E-state index contributed by atoms with van der Waals surface area (Å²) in [6.45, 7) is 3.00. The Morgan fingerprint density at radius 3 is 2.47 bits per heavy atom. The van der Waals surface area contributed by atoms with Gasteiger partial charge < -0.3 is 14.8 Å². The van der Waals surface area contributed by atoms with Crippen molar-refractivity contribution in [3.8, 4) is 0 Å². The Balaban J connectivity index is 1.89. The number of rotatable bonds is 5. The predicted molar refractivity (Wildman–Crippen MR) is 66.3 cm³/mol. The van der Waals surface area contributed by atoms with Crippen molar-refractivity contribution in [2.75, 3.05) is 0 Å². The maximum atomic E-state index is 8.95. The third kappa shape index (κ3) is 3.19. The second kappa shape index (κ2) is 5.66. The van der Waals surface area contributed by atoms with Crippen molar-refractivity contribution < 1.29 is 9.52 Å². The zero-order valence-electron chi connectivity index (χ0n) is 9.89. The highest BCUT2D eigenvalue weighted by Gasteiger charge is 2.05. The van der Waals surface area contributed by atoms with Gasteiger partial charge in [0.25, 0.3) is 0 Å². The molecule has 2 aromatic rings. The zero-order valence-corrected chi connectivity index (χ0v) is 9.89. The molecule has 0 saturated carbocycles. The molecule has 1 unspecified atom stereocenters. The van der Waals surface area contributed by atoms with Crippen LogP contribution in [0, 0.1) is 0 Å². The molecule has 0 saturated heterocycles. The largest absolute Gasteiger partial charge is 0.472 e. The minimum Gasteiger partial charge on any atom is -0.472 e. The van der Waals surface area contributed by atoms with Crippen LogP contribution in [0.5, 0.6) is 0 Å². The van der Waals surface area contributed by atoms with Crippen LogP contribution >= 0.6 is 0 Å². The first-order valence-electron chi connectivity index (χ1n) is 5.74. The lowest BCUT2D eigenvalue weighted by molar-refractivity contribution is 0.282. The van der Waals surface area contributed by atoms with E-state index in [1.54, 1.807) is 12.5 Å². The molecule has 2 N–H and O–H groups in total. The van der Waals surface area contributed by atoms with Gasteiger partial charge in [0.1, 0.15) is 0 Å². The van der Waals surface area contributed by atoms with Crippen LogP contribution in [-0.4, -0.2) is 5.11 Å². The maximum Gasteiger partial charge on any atom is 0.0950 e. The van der Waals surface area contributed by atoms with E-state index in [1.807, 2.05) is 30.3 Å². The SMILES string of the molecule is CC(NCc1ccc(CO)cc1)c1ccoc1. The van der Waals surface area contributed by atoms with Crippen LogP contribution in [0.1, 0.15) is 29.7 Å². The van der Waals surface area contributed by atoms with Crippen LogP contribution in [0.25, 0.3) is 0 Å². The second-order valence-corrected chi connectivity index (χ2v) is 4.13. The number of benzene rings is 1. The van der Waals surface area contributed by atoms with E-state index in [2.05, 4.69) is 12.2 Å². The summed E-state index contributed by atoms with van der Waals surface area (Å²) in [7, 11) is 0. The van der Waals surface area contributed by atoms with Gasteiger partial charge in [-0.1, -0.05) is 24.3 Å². The van der Waals surface area contributed by atoms with E-state index < -0.39 is 0 Å². The molecule has 1 aromatic heterocycles. The van der Waals surface area contributed by atoms with E-state index in [9.17, 15) is 0 Å². The number of nitrogens with one attached hydrogen (secondary N) is 1. The molecule has 0 aliphatic rings. The third-order valence-corrected chi connectivity index (χ3v) is 2.86. The monoisotopic (exact) mass is 231 g/mol. The fourth-order valence-electron chi connectivity index (χ4n) is 1.67. The molecule has 0 aliphatic carbocycles. The van der Waals surface area contributed by atoms with Gasteiger partial charge in [-0.2, -0.15) is 0 Å². The molecule has 3 heteroatoms. The van der Waals surface area contributed by atoms with E-state index >= 15 is 0 Å². The summed E-state index contributed by atoms with van der Waals surface area (Å²) in [5.41, 5.74) is 3.30. The Morgan fingerprint density at radius 2 is 1.88 bits per heavy atom. The molecule has 0 radical (unpaired) electrons. The van der Waals surface area contributed by atoms with Crippen LogP contribution in [0.15, 0.2) is 47.3 Å². The zero-order chi connectivity index (χ0) is 12.1. The van der Waals surface area contributed by atoms with Crippen molar-refractivity contribution in [2.45, 2.75) is 26.1 Å². The lowest BCUT2D eigenvalue weighted by atomic mass is 10.1. The van der Waals surface area contributed by atoms with E-state index in [0.29, 0.717) is 0 Å². The van der Waals surface area contributed by atoms with E-state index in [-0.39, 0.29) is 12.6 Å². The van der Waals surface area contributed by atoms with E-state index in [4.69, 9.17) is 9.52 Å². The number of furan rings is 1. The Bertz CT molecular complexity index is 434. The summed E-state index contributed by atoms with van der Waals surface area (Å²) in [6.07, 6.45) is 3.44. The minimum absolute atomic E-state index is 0.0964. The fraction of sp³-hybridized carbons (Fsp3) is 0.286. The lowest BCUT2D eigenvalue weighted by Crippen LogP contribution is -2.17. The molecular weight excluding hydrogens is 214 g/mol. The van der Waals surface area contributed by atoms with Crippen LogP contribution in [0.3, 0.4) is 0 Å². The number of aliphatic hydroxyl groups is 1. The molecule has 0 amide bonds. The van der Waals surface area contributed by atoms with Crippen molar-refractivity contribution in [3.05, 3.63) is 59.5 Å². The quantitative estimate of drug-likeness (QED) is 0.831. The van der Waals surface area contributed by atoms with Crippen molar-refractivity contribution in [1.29, 1.82) is 0 Å². The topological polar surface area (TPSA) is 45.4 Å². The van der Waals surface area contributed by atoms with Gasteiger partial charge in [-0.3, -0.25) is 0 Å². The van der Waals surface area contributed by atoms with E-state index in [1.165, 1.54) is 5.56 Å². The molecule has 17 heavy (non-hydrogen) atoms. The first-order valence-corrected chi connectivity index (χ1v) is 5.74. The van der Waals surface area contributed by atoms with Crippen molar-refractivity contribution >= 4 is 0 Å². The Morgan fingerprint density at radius 1 is 1.18 bits per heavy atom. The summed E-state index contributed by atoms with van der Waals surface area (Å²) in [4.78, 5) is 0. The molecule has 3 nitrogen and oxygen atoms in total. The Labute approximate surface area is 101 Å². The van der Waals surface area contributed by atoms with Gasteiger partial charge in [-0.05, 0) is 24.1 Å². The molecule has 0 spiro atoms. The average molecular weight is 231 g/mol. The minimum atomic E-state index is 0.0964. The summed E-state index contributed by atoms with van der Waals surface area (Å²) in [6, 6.07) is 10.2. The maximum absolute atomic E-state index is 8.95. The standard InChI is InChI=1S/C14H17NO2/c1-11(14-6-7-17-10-14)15-8-12-2-4-13(9-16)5-3-12/h2-7,10-11,15-16H,8-9H2,1H3. The predicted octanol–water partition coefficient (Wildman–Crippen LogP) is 2.62. The lowest BCUT2D eigenvalue weighted by Gasteiger charge is -2.12. The molecular formula is C14H17NO2. The summed E-state index contributed by atoms with van der Waals surface area (Å²) in [5.74, 6) is 0. The first kappa shape index (κ1) is 11.9. The molecule has 90 valence electrons. The van der Waals surface area contributed by atoms with Crippen molar-refractivity contribution in [2.24, 2.45) is 0 Å². The number of hydrogen-bond donors (Lipinski definition) is 2. The highest BCUT2D eigenvalue weighted by molar-refractivity contribution is 5.22. The molecule has 1 aromatic carbocycles. The highest BCUT2D eigenvalue weighted by atomic mass is 16.3. The van der Waals surface area contributed by atoms with Crippen LogP contribution in [0.2, 0.25) is 0 Å². The van der Waals surface area contributed by atoms with E-state index in [0.717, 1.165) is 17.7 Å². The van der Waals surface area contributed by atoms with Crippen LogP contribution in [-0.2, 0) is 13.2 Å². The van der Waals surface area contributed by atoms with Gasteiger partial charge in [0.05, 0.1) is 19.1 Å². The first-order chi connectivity index (χ1) is 8.29. The van der Waals surface area contributed by atoms with Crippen molar-refractivity contribution in [1.82, 2.24) is 5.32 Å². The summed E-state index contributed by atoms with van der Waals surface area (Å²) in [5, 5.41) is 12.4. The Hall–Kier alpha value is -1.58. The van der Waals surface area contributed by atoms with Gasteiger partial charge in [0, 0.05) is 18.2 Å². The molecule has 1 heterocycles. The molecule has 0 fully saturated rings. The van der Waals surface area contributed by atoms with Gasteiger partial charge in [0.15, 0.2) is 0 Å². The van der Waals surface area contributed by atoms with Crippen LogP contribution in [0.4, 0.5) is 0 Å². The van der Waals surface area contributed by atoms with Crippen LogP contribution < -0.4 is 5.32 Å². The Kier molecular flexibility index (Phi) is 3.96. The highest BCUT2D eigenvalue weighted by Crippen LogP contribution is 2.13. The molecule has 0 bridgehead atoms. The normalized spacial score (nSPS) is 12.6. The molecule has 2 rings (SSSR count). The summed E-state index contributed by atoms with van der Waals surface area (Å²) >= 11 is 0. The average Bonchev–Trinajstić information content (AvgIpc) is 2.90. The smallest absolute Gasteiger partial charge is 0.0950 e. The number of hydrogen-bond acceptors (Lipinski definition) is 3. The van der Waals surface area contributed by atoms with Gasteiger partial charge in [-0.25, -0.2) is 0 Å². The van der Waals surface area contributed by atoms with Gasteiger partial charge in [-0.15, -0.1) is 0 Å². The third-order valence-electron chi connectivity index (χ3n) is 2.86. The van der Waals surface area contributed by atoms with Crippen molar-refractivity contribution in [3.63, 3.8) is 0 Å². The van der Waals surface area contributed by atoms with Gasteiger partial charge in [0.2, 0.25) is 0 Å². The second-order valence-electron chi connectivity index (χ2n) is 4.13. The fourth-order valence-corrected chi connectivity index (χ4v) is 1.67. The summed E-state index contributed by atoms with van der Waals surface area (Å²) < 4.78 is 5.05. The van der Waals surface area contributed by atoms with Gasteiger partial charge >= 0.3 is 0 Å². The number of aliphatic hydroxyl groups excluding tert-OH is 1.